The van der Waals surface area contributed by atoms with E-state index in [-0.39, 0.29) is 27.4 Å². The second kappa shape index (κ2) is 13.0. The van der Waals surface area contributed by atoms with Crippen molar-refractivity contribution in [1.29, 1.82) is 0 Å². The number of nitrogens with zero attached hydrogens (tertiary/aromatic N) is 1. The van der Waals surface area contributed by atoms with Gasteiger partial charge in [-0.05, 0) is 43.5 Å². The van der Waals surface area contributed by atoms with E-state index < -0.39 is 40.4 Å². The van der Waals surface area contributed by atoms with Crippen molar-refractivity contribution in [3.8, 4) is 16.7 Å². The van der Waals surface area contributed by atoms with Crippen LogP contribution in [0.15, 0.2) is 51.3 Å². The van der Waals surface area contributed by atoms with Crippen LogP contribution in [-0.2, 0) is 11.2 Å². The van der Waals surface area contributed by atoms with Gasteiger partial charge in [-0.2, -0.15) is 4.98 Å². The number of alkyl carbamates (subject to hydrolysis) is 1. The molecule has 0 aliphatic rings. The number of aromatic nitrogens is 1. The first-order valence-corrected chi connectivity index (χ1v) is 12.2. The molecule has 2 heterocycles. The van der Waals surface area contributed by atoms with Crippen molar-refractivity contribution in [3.05, 3.63) is 85.5 Å². The highest BCUT2D eigenvalue weighted by atomic mass is 35.5. The fourth-order valence-corrected chi connectivity index (χ4v) is 4.18. The Labute approximate surface area is 224 Å². The molecule has 2 aromatic heterocycles. The predicted octanol–water partition coefficient (Wildman–Crippen LogP) is 6.00. The lowest BCUT2D eigenvalue weighted by Gasteiger charge is -2.05. The quantitative estimate of drug-likeness (QED) is 0.174. The van der Waals surface area contributed by atoms with Gasteiger partial charge in [-0.1, -0.05) is 29.0 Å². The number of aromatic hydroxyl groups is 1. The van der Waals surface area contributed by atoms with Crippen molar-refractivity contribution in [2.75, 3.05) is 7.11 Å². The lowest BCUT2D eigenvalue weighted by atomic mass is 10.0. The van der Waals surface area contributed by atoms with E-state index in [1.165, 1.54) is 38.4 Å². The highest BCUT2D eigenvalue weighted by Crippen LogP contribution is 2.34. The molecule has 9 nitrogen and oxygen atoms in total. The Bertz CT molecular complexity index is 1470. The molecule has 0 saturated carbocycles. The number of rotatable bonds is 10. The minimum atomic E-state index is -1.10. The van der Waals surface area contributed by atoms with Gasteiger partial charge in [-0.15, -0.1) is 0 Å². The Hall–Kier alpha value is -4.03. The molecule has 13 heteroatoms. The molecule has 0 radical (unpaired) electrons. The third kappa shape index (κ3) is 7.49. The van der Waals surface area contributed by atoms with E-state index in [1.54, 1.807) is 6.08 Å². The van der Waals surface area contributed by atoms with Gasteiger partial charge in [0.2, 0.25) is 0 Å². The standard InChI is InChI=1S/C25H21ClF2N2O7S/c1-13(10-19-22(26)30-25(38-19)37-15-7-8-16(27)17(28)11-15)21(32)20-18(31)12-14(36-23(20)33)6-4-3-5-9-29-24(34)35-2/h5,7-12,31H,3-4,6H2,1-2H3,(H,29,34)/b9-5+,13-10+. The molecule has 0 bridgehead atoms. The number of aryl methyl sites for hydroxylation is 1. The second-order valence-corrected chi connectivity index (χ2v) is 9.01. The summed E-state index contributed by atoms with van der Waals surface area (Å²) in [7, 11) is 1.24. The SMILES string of the molecule is COC(=O)N/C=C/CCCc1cc(O)c(C(=O)/C(C)=C/c2sc(Oc3ccc(F)c(F)c3)nc2Cl)c(=O)o1. The van der Waals surface area contributed by atoms with Crippen molar-refractivity contribution in [2.45, 2.75) is 26.2 Å². The van der Waals surface area contributed by atoms with Crippen LogP contribution in [0.4, 0.5) is 13.6 Å². The Morgan fingerprint density at radius 1 is 1.26 bits per heavy atom. The zero-order chi connectivity index (χ0) is 27.8. The molecular weight excluding hydrogens is 546 g/mol. The lowest BCUT2D eigenvalue weighted by molar-refractivity contribution is 0.102. The summed E-state index contributed by atoms with van der Waals surface area (Å²) >= 11 is 7.04. The minimum absolute atomic E-state index is 0.00542. The van der Waals surface area contributed by atoms with Crippen molar-refractivity contribution < 1.29 is 37.4 Å². The number of ether oxygens (including phenoxy) is 2. The maximum absolute atomic E-state index is 13.4. The number of ketones is 1. The van der Waals surface area contributed by atoms with Gasteiger partial charge in [0.1, 0.15) is 22.8 Å². The number of carbonyl (C=O) groups excluding carboxylic acids is 2. The van der Waals surface area contributed by atoms with E-state index in [2.05, 4.69) is 15.0 Å². The molecule has 0 saturated heterocycles. The third-order valence-electron chi connectivity index (χ3n) is 4.90. The Morgan fingerprint density at radius 3 is 2.71 bits per heavy atom. The van der Waals surface area contributed by atoms with Gasteiger partial charge < -0.3 is 19.0 Å². The number of methoxy groups -OCH3 is 1. The molecule has 0 unspecified atom stereocenters. The van der Waals surface area contributed by atoms with E-state index in [1.807, 2.05) is 0 Å². The first-order chi connectivity index (χ1) is 18.1. The summed E-state index contributed by atoms with van der Waals surface area (Å²) in [6.45, 7) is 1.41. The van der Waals surface area contributed by atoms with E-state index in [9.17, 15) is 28.3 Å². The van der Waals surface area contributed by atoms with E-state index >= 15 is 0 Å². The van der Waals surface area contributed by atoms with Crippen LogP contribution in [0.5, 0.6) is 16.7 Å². The van der Waals surface area contributed by atoms with Crippen LogP contribution in [0, 0.1) is 11.6 Å². The van der Waals surface area contributed by atoms with Gasteiger partial charge in [0, 0.05) is 24.8 Å². The highest BCUT2D eigenvalue weighted by Gasteiger charge is 2.21. The van der Waals surface area contributed by atoms with Crippen LogP contribution in [0.25, 0.3) is 6.08 Å². The maximum Gasteiger partial charge on any atom is 0.410 e. The van der Waals surface area contributed by atoms with Gasteiger partial charge >= 0.3 is 11.7 Å². The van der Waals surface area contributed by atoms with Crippen LogP contribution < -0.4 is 15.7 Å². The molecule has 38 heavy (non-hydrogen) atoms. The summed E-state index contributed by atoms with van der Waals surface area (Å²) in [5, 5.41) is 12.7. The summed E-state index contributed by atoms with van der Waals surface area (Å²) in [4.78, 5) is 40.6. The number of halogens is 3. The Kier molecular flexibility index (Phi) is 9.74. The van der Waals surface area contributed by atoms with Crippen LogP contribution in [0.3, 0.4) is 0 Å². The summed E-state index contributed by atoms with van der Waals surface area (Å²) in [6, 6.07) is 4.16. The van der Waals surface area contributed by atoms with Crippen molar-refractivity contribution in [3.63, 3.8) is 0 Å². The number of hydrogen-bond acceptors (Lipinski definition) is 9. The first-order valence-electron chi connectivity index (χ1n) is 11.0. The monoisotopic (exact) mass is 566 g/mol. The summed E-state index contributed by atoms with van der Waals surface area (Å²) < 4.78 is 41.5. The van der Waals surface area contributed by atoms with E-state index in [0.717, 1.165) is 23.5 Å². The second-order valence-electron chi connectivity index (χ2n) is 7.66. The average molecular weight is 567 g/mol. The molecule has 2 N–H and O–H groups in total. The van der Waals surface area contributed by atoms with E-state index in [0.29, 0.717) is 24.1 Å². The molecule has 0 fully saturated rings. The molecule has 3 aromatic rings. The average Bonchev–Trinajstić information content (AvgIpc) is 3.20. The van der Waals surface area contributed by atoms with Crippen molar-refractivity contribution in [1.82, 2.24) is 10.3 Å². The first kappa shape index (κ1) is 28.5. The molecule has 0 spiro atoms. The molecule has 200 valence electrons. The number of hydrogen-bond donors (Lipinski definition) is 2. The number of thiazole rings is 1. The number of allylic oxidation sites excluding steroid dienone is 2. The van der Waals surface area contributed by atoms with Crippen molar-refractivity contribution in [2.24, 2.45) is 0 Å². The fraction of sp³-hybridized carbons (Fsp3) is 0.200. The number of amides is 1. The molecular formula is C25H21ClF2N2O7S. The molecule has 0 aliphatic heterocycles. The molecule has 1 aromatic carbocycles. The van der Waals surface area contributed by atoms with Crippen LogP contribution >= 0.6 is 22.9 Å². The summed E-state index contributed by atoms with van der Waals surface area (Å²) in [6.07, 6.45) is 5.22. The molecule has 0 aliphatic carbocycles. The predicted molar refractivity (Wildman–Crippen MR) is 136 cm³/mol. The van der Waals surface area contributed by atoms with Gasteiger partial charge in [0.15, 0.2) is 22.6 Å². The lowest BCUT2D eigenvalue weighted by Crippen LogP contribution is -2.16. The number of Topliss-reactive ketones (excluding diaryl/α,β-unsaturated/α-hetero) is 1. The van der Waals surface area contributed by atoms with Crippen LogP contribution in [0.2, 0.25) is 5.15 Å². The maximum atomic E-state index is 13.4. The number of nitrogens with one attached hydrogen (secondary N) is 1. The number of unbranched alkanes of at least 4 members (excludes halogenated alkanes) is 1. The van der Waals surface area contributed by atoms with Gasteiger partial charge in [0.25, 0.3) is 5.19 Å². The largest absolute Gasteiger partial charge is 0.507 e. The van der Waals surface area contributed by atoms with Crippen molar-refractivity contribution >= 4 is 40.9 Å². The number of benzene rings is 1. The Balaban J connectivity index is 1.68. The third-order valence-corrected chi connectivity index (χ3v) is 6.18. The summed E-state index contributed by atoms with van der Waals surface area (Å²) in [5.41, 5.74) is -1.49. The van der Waals surface area contributed by atoms with E-state index in [4.69, 9.17) is 20.8 Å². The number of carbonyl (C=O) groups is 2. The summed E-state index contributed by atoms with van der Waals surface area (Å²) in [5.74, 6) is -3.27. The Morgan fingerprint density at radius 2 is 2.03 bits per heavy atom. The normalized spacial score (nSPS) is 11.6. The van der Waals surface area contributed by atoms with Crippen LogP contribution in [0.1, 0.15) is 40.8 Å². The zero-order valence-corrected chi connectivity index (χ0v) is 21.6. The molecule has 0 atom stereocenters. The zero-order valence-electron chi connectivity index (χ0n) is 20.0. The molecule has 3 rings (SSSR count). The fourth-order valence-electron chi connectivity index (χ4n) is 3.05. The van der Waals surface area contributed by atoms with Gasteiger partial charge in [0.05, 0.1) is 12.0 Å². The smallest absolute Gasteiger partial charge is 0.410 e. The minimum Gasteiger partial charge on any atom is -0.507 e. The highest BCUT2D eigenvalue weighted by molar-refractivity contribution is 7.14. The van der Waals surface area contributed by atoms with Gasteiger partial charge in [-0.25, -0.2) is 18.4 Å². The topological polar surface area (TPSA) is 128 Å². The molecule has 1 amide bonds. The van der Waals surface area contributed by atoms with Crippen LogP contribution in [-0.4, -0.2) is 29.1 Å². The van der Waals surface area contributed by atoms with Gasteiger partial charge in [-0.3, -0.25) is 10.1 Å².